The molecule has 19 heavy (non-hydrogen) atoms. The highest BCUT2D eigenvalue weighted by Crippen LogP contribution is 2.45. The molecule has 0 aliphatic heterocycles. The number of carboxylic acid groups (broad SMARTS) is 1. The van der Waals surface area contributed by atoms with Crippen molar-refractivity contribution in [3.8, 4) is 0 Å². The first-order valence-corrected chi connectivity index (χ1v) is 7.55. The van der Waals surface area contributed by atoms with E-state index in [2.05, 4.69) is 4.72 Å². The number of carbonyl (C=O) groups is 1. The summed E-state index contributed by atoms with van der Waals surface area (Å²) in [5, 5.41) is 9.03. The van der Waals surface area contributed by atoms with Gasteiger partial charge in [0, 0.05) is 6.54 Å². The Morgan fingerprint density at radius 2 is 2.00 bits per heavy atom. The van der Waals surface area contributed by atoms with Gasteiger partial charge in [0.2, 0.25) is 10.0 Å². The average Bonchev–Trinajstić information content (AvgIpc) is 3.07. The lowest BCUT2D eigenvalue weighted by Gasteiger charge is -2.13. The van der Waals surface area contributed by atoms with Gasteiger partial charge in [-0.3, -0.25) is 4.79 Å². The van der Waals surface area contributed by atoms with E-state index in [4.69, 9.17) is 5.11 Å². The second-order valence-corrected chi connectivity index (χ2v) is 6.91. The second-order valence-electron chi connectivity index (χ2n) is 5.18. The first kappa shape index (κ1) is 14.0. The largest absolute Gasteiger partial charge is 0.481 e. The Labute approximate surface area is 112 Å². The summed E-state index contributed by atoms with van der Waals surface area (Å²) in [7, 11) is -3.65. The van der Waals surface area contributed by atoms with E-state index < -0.39 is 21.4 Å². The minimum atomic E-state index is -3.65. The molecular formula is C13H17NO4S. The zero-order valence-corrected chi connectivity index (χ0v) is 11.8. The third-order valence-corrected chi connectivity index (χ3v) is 5.09. The van der Waals surface area contributed by atoms with Gasteiger partial charge in [-0.15, -0.1) is 0 Å². The number of benzene rings is 1. The second kappa shape index (κ2) is 4.61. The van der Waals surface area contributed by atoms with Gasteiger partial charge in [0.1, 0.15) is 0 Å². The molecule has 5 nitrogen and oxygen atoms in total. The van der Waals surface area contributed by atoms with Crippen molar-refractivity contribution in [2.45, 2.75) is 31.6 Å². The zero-order chi connectivity index (χ0) is 14.3. The molecule has 104 valence electrons. The van der Waals surface area contributed by atoms with Gasteiger partial charge in [-0.25, -0.2) is 13.1 Å². The number of nitrogens with one attached hydrogen (secondary N) is 1. The van der Waals surface area contributed by atoms with Gasteiger partial charge in [0.25, 0.3) is 0 Å². The van der Waals surface area contributed by atoms with Crippen molar-refractivity contribution in [2.24, 2.45) is 5.41 Å². The number of rotatable bonds is 5. The van der Waals surface area contributed by atoms with E-state index in [1.807, 2.05) is 6.92 Å². The van der Waals surface area contributed by atoms with Crippen molar-refractivity contribution >= 4 is 16.0 Å². The lowest BCUT2D eigenvalue weighted by Crippen LogP contribution is -2.34. The Morgan fingerprint density at radius 1 is 1.37 bits per heavy atom. The fourth-order valence-electron chi connectivity index (χ4n) is 2.03. The van der Waals surface area contributed by atoms with Crippen molar-refractivity contribution in [1.29, 1.82) is 0 Å². The molecule has 0 saturated heterocycles. The molecule has 1 aromatic carbocycles. The van der Waals surface area contributed by atoms with Crippen molar-refractivity contribution in [2.75, 3.05) is 6.54 Å². The summed E-state index contributed by atoms with van der Waals surface area (Å²) in [6.07, 6.45) is 1.05. The topological polar surface area (TPSA) is 83.5 Å². The molecule has 1 aromatic rings. The molecule has 0 aromatic heterocycles. The summed E-state index contributed by atoms with van der Waals surface area (Å²) in [4.78, 5) is 11.2. The van der Waals surface area contributed by atoms with Crippen molar-refractivity contribution in [3.05, 3.63) is 29.3 Å². The lowest BCUT2D eigenvalue weighted by molar-refractivity contribution is -0.143. The maximum absolute atomic E-state index is 12.2. The number of sulfonamides is 1. The molecule has 1 aliphatic carbocycles. The summed E-state index contributed by atoms with van der Waals surface area (Å²) in [5.41, 5.74) is 0.749. The van der Waals surface area contributed by atoms with Gasteiger partial charge < -0.3 is 5.11 Å². The summed E-state index contributed by atoms with van der Waals surface area (Å²) >= 11 is 0. The number of carboxylic acids is 1. The smallest absolute Gasteiger partial charge is 0.310 e. The summed E-state index contributed by atoms with van der Waals surface area (Å²) in [6.45, 7) is 3.57. The Balaban J connectivity index is 2.17. The third-order valence-electron chi connectivity index (χ3n) is 3.53. The first-order valence-electron chi connectivity index (χ1n) is 6.07. The van der Waals surface area contributed by atoms with Crippen LogP contribution in [0.15, 0.2) is 23.1 Å². The fraction of sp³-hybridized carbons (Fsp3) is 0.462. The molecule has 1 saturated carbocycles. The predicted molar refractivity (Wildman–Crippen MR) is 70.4 cm³/mol. The van der Waals surface area contributed by atoms with Crippen molar-refractivity contribution in [1.82, 2.24) is 4.72 Å². The standard InChI is InChI=1S/C13H17NO4S/c1-9-3-4-11(10(2)7-9)19(17,18)14-8-13(5-6-13)12(15)16/h3-4,7,14H,5-6,8H2,1-2H3,(H,15,16). The monoisotopic (exact) mass is 283 g/mol. The molecule has 0 heterocycles. The molecule has 0 amide bonds. The van der Waals surface area contributed by atoms with Gasteiger partial charge in [-0.2, -0.15) is 0 Å². The molecule has 0 atom stereocenters. The van der Waals surface area contributed by atoms with E-state index in [1.54, 1.807) is 25.1 Å². The van der Waals surface area contributed by atoms with Crippen LogP contribution in [0.4, 0.5) is 0 Å². The predicted octanol–water partition coefficient (Wildman–Crippen LogP) is 1.45. The number of aliphatic carboxylic acids is 1. The van der Waals surface area contributed by atoms with Crippen LogP contribution in [0.25, 0.3) is 0 Å². The first-order chi connectivity index (χ1) is 8.77. The van der Waals surface area contributed by atoms with Crippen LogP contribution in [-0.2, 0) is 14.8 Å². The Hall–Kier alpha value is -1.40. The summed E-state index contributed by atoms with van der Waals surface area (Å²) in [6, 6.07) is 5.07. The normalized spacial score (nSPS) is 17.2. The molecular weight excluding hydrogens is 266 g/mol. The zero-order valence-electron chi connectivity index (χ0n) is 10.9. The molecule has 0 bridgehead atoms. The van der Waals surface area contributed by atoms with E-state index in [9.17, 15) is 13.2 Å². The van der Waals surface area contributed by atoms with E-state index >= 15 is 0 Å². The van der Waals surface area contributed by atoms with E-state index in [0.717, 1.165) is 5.56 Å². The molecule has 1 fully saturated rings. The number of hydrogen-bond acceptors (Lipinski definition) is 3. The number of hydrogen-bond donors (Lipinski definition) is 2. The van der Waals surface area contributed by atoms with Gasteiger partial charge in [0.15, 0.2) is 0 Å². The summed E-state index contributed by atoms with van der Waals surface area (Å²) in [5.74, 6) is -0.934. The average molecular weight is 283 g/mol. The molecule has 0 spiro atoms. The van der Waals surface area contributed by atoms with Crippen LogP contribution >= 0.6 is 0 Å². The molecule has 2 N–H and O–H groups in total. The van der Waals surface area contributed by atoms with E-state index in [1.165, 1.54) is 0 Å². The molecule has 1 aliphatic rings. The molecule has 0 radical (unpaired) electrons. The van der Waals surface area contributed by atoms with Crippen LogP contribution in [0.5, 0.6) is 0 Å². The Bertz CT molecular complexity index is 618. The van der Waals surface area contributed by atoms with E-state index in [0.29, 0.717) is 18.4 Å². The summed E-state index contributed by atoms with van der Waals surface area (Å²) < 4.78 is 26.7. The van der Waals surface area contributed by atoms with Crippen LogP contribution in [0.2, 0.25) is 0 Å². The Morgan fingerprint density at radius 3 is 2.47 bits per heavy atom. The van der Waals surface area contributed by atoms with Crippen LogP contribution in [0.3, 0.4) is 0 Å². The highest BCUT2D eigenvalue weighted by Gasteiger charge is 2.50. The molecule has 2 rings (SSSR count). The minimum absolute atomic E-state index is 0.0437. The van der Waals surface area contributed by atoms with Crippen LogP contribution in [0.1, 0.15) is 24.0 Å². The van der Waals surface area contributed by atoms with Crippen molar-refractivity contribution in [3.63, 3.8) is 0 Å². The Kier molecular flexibility index (Phi) is 3.40. The maximum atomic E-state index is 12.2. The third kappa shape index (κ3) is 2.79. The number of aryl methyl sites for hydroxylation is 2. The molecule has 6 heteroatoms. The minimum Gasteiger partial charge on any atom is -0.481 e. The quantitative estimate of drug-likeness (QED) is 0.856. The van der Waals surface area contributed by atoms with Crippen LogP contribution in [-0.4, -0.2) is 26.0 Å². The van der Waals surface area contributed by atoms with Gasteiger partial charge in [-0.1, -0.05) is 17.7 Å². The maximum Gasteiger partial charge on any atom is 0.310 e. The van der Waals surface area contributed by atoms with Crippen molar-refractivity contribution < 1.29 is 18.3 Å². The molecule has 0 unspecified atom stereocenters. The van der Waals surface area contributed by atoms with E-state index in [-0.39, 0.29) is 11.4 Å². The fourth-order valence-corrected chi connectivity index (χ4v) is 3.38. The van der Waals surface area contributed by atoms with Gasteiger partial charge in [-0.05, 0) is 38.3 Å². The van der Waals surface area contributed by atoms with Crippen LogP contribution < -0.4 is 4.72 Å². The SMILES string of the molecule is Cc1ccc(S(=O)(=O)NCC2(C(=O)O)CC2)c(C)c1. The highest BCUT2D eigenvalue weighted by atomic mass is 32.2. The van der Waals surface area contributed by atoms with Gasteiger partial charge >= 0.3 is 5.97 Å². The van der Waals surface area contributed by atoms with Crippen LogP contribution in [0, 0.1) is 19.3 Å². The van der Waals surface area contributed by atoms with Gasteiger partial charge in [0.05, 0.1) is 10.3 Å². The highest BCUT2D eigenvalue weighted by molar-refractivity contribution is 7.89. The lowest BCUT2D eigenvalue weighted by atomic mass is 10.1.